The SMILES string of the molecule is COC(=O)N/N=C(\C)c1ccc(NS(C)(=O)=O)cc1. The average Bonchev–Trinajstić information content (AvgIpc) is 2.34. The van der Waals surface area contributed by atoms with Crippen LogP contribution in [0.4, 0.5) is 10.5 Å². The van der Waals surface area contributed by atoms with Gasteiger partial charge in [-0.3, -0.25) is 4.72 Å². The first-order valence-electron chi connectivity index (χ1n) is 5.28. The van der Waals surface area contributed by atoms with Crippen LogP contribution in [-0.4, -0.2) is 33.6 Å². The molecule has 104 valence electrons. The predicted molar refractivity (Wildman–Crippen MR) is 72.7 cm³/mol. The van der Waals surface area contributed by atoms with Gasteiger partial charge in [-0.25, -0.2) is 18.6 Å². The number of ether oxygens (including phenoxy) is 1. The minimum Gasteiger partial charge on any atom is -0.452 e. The molecule has 0 aliphatic heterocycles. The lowest BCUT2D eigenvalue weighted by atomic mass is 10.1. The van der Waals surface area contributed by atoms with E-state index in [9.17, 15) is 13.2 Å². The summed E-state index contributed by atoms with van der Waals surface area (Å²) in [6, 6.07) is 6.58. The van der Waals surface area contributed by atoms with Crippen molar-refractivity contribution in [3.8, 4) is 0 Å². The van der Waals surface area contributed by atoms with E-state index in [1.165, 1.54) is 7.11 Å². The largest absolute Gasteiger partial charge is 0.452 e. The molecule has 1 aromatic carbocycles. The zero-order chi connectivity index (χ0) is 14.5. The number of nitrogens with one attached hydrogen (secondary N) is 2. The number of hydrazone groups is 1. The van der Waals surface area contributed by atoms with E-state index in [-0.39, 0.29) is 0 Å². The van der Waals surface area contributed by atoms with Crippen molar-refractivity contribution >= 4 is 27.5 Å². The maximum absolute atomic E-state index is 11.0. The van der Waals surface area contributed by atoms with Gasteiger partial charge in [-0.05, 0) is 24.6 Å². The number of methoxy groups -OCH3 is 1. The third kappa shape index (κ3) is 5.38. The van der Waals surface area contributed by atoms with Gasteiger partial charge in [0.05, 0.1) is 19.1 Å². The van der Waals surface area contributed by atoms with E-state index in [1.807, 2.05) is 0 Å². The van der Waals surface area contributed by atoms with Crippen LogP contribution in [0.3, 0.4) is 0 Å². The summed E-state index contributed by atoms with van der Waals surface area (Å²) in [4.78, 5) is 10.8. The van der Waals surface area contributed by atoms with Crippen molar-refractivity contribution < 1.29 is 17.9 Å². The number of hydrogen-bond donors (Lipinski definition) is 2. The number of carbonyl (C=O) groups is 1. The molecule has 0 saturated heterocycles. The van der Waals surface area contributed by atoms with Crippen molar-refractivity contribution in [3.63, 3.8) is 0 Å². The highest BCUT2D eigenvalue weighted by Gasteiger charge is 2.03. The van der Waals surface area contributed by atoms with Crippen molar-refractivity contribution in [1.82, 2.24) is 5.43 Å². The summed E-state index contributed by atoms with van der Waals surface area (Å²) in [6.45, 7) is 1.70. The quantitative estimate of drug-likeness (QED) is 0.640. The molecule has 0 spiro atoms. The molecule has 0 fully saturated rings. The number of carbonyl (C=O) groups excluding carboxylic acids is 1. The highest BCUT2D eigenvalue weighted by Crippen LogP contribution is 2.11. The van der Waals surface area contributed by atoms with E-state index in [1.54, 1.807) is 31.2 Å². The van der Waals surface area contributed by atoms with E-state index in [2.05, 4.69) is 20.0 Å². The molecule has 0 radical (unpaired) electrons. The van der Waals surface area contributed by atoms with E-state index in [0.717, 1.165) is 11.8 Å². The number of nitrogens with zero attached hydrogens (tertiary/aromatic N) is 1. The van der Waals surface area contributed by atoms with Gasteiger partial charge in [0.2, 0.25) is 10.0 Å². The van der Waals surface area contributed by atoms with Crippen LogP contribution in [0.15, 0.2) is 29.4 Å². The molecule has 0 aliphatic rings. The first kappa shape index (κ1) is 15.0. The van der Waals surface area contributed by atoms with Gasteiger partial charge in [-0.1, -0.05) is 12.1 Å². The number of benzene rings is 1. The molecule has 1 amide bonds. The molecule has 0 unspecified atom stereocenters. The van der Waals surface area contributed by atoms with Crippen LogP contribution < -0.4 is 10.1 Å². The summed E-state index contributed by atoms with van der Waals surface area (Å²) >= 11 is 0. The summed E-state index contributed by atoms with van der Waals surface area (Å²) in [5.74, 6) is 0. The van der Waals surface area contributed by atoms with Crippen molar-refractivity contribution in [1.29, 1.82) is 0 Å². The van der Waals surface area contributed by atoms with Gasteiger partial charge in [0.1, 0.15) is 0 Å². The van der Waals surface area contributed by atoms with Gasteiger partial charge in [-0.15, -0.1) is 0 Å². The first-order chi connectivity index (χ1) is 8.81. The molecule has 8 heteroatoms. The Labute approximate surface area is 111 Å². The molecule has 19 heavy (non-hydrogen) atoms. The van der Waals surface area contributed by atoms with Crippen LogP contribution in [0.25, 0.3) is 0 Å². The number of hydrogen-bond acceptors (Lipinski definition) is 5. The molecule has 1 rings (SSSR count). The second-order valence-corrected chi connectivity index (χ2v) is 5.50. The highest BCUT2D eigenvalue weighted by atomic mass is 32.2. The molecule has 0 heterocycles. The van der Waals surface area contributed by atoms with Gasteiger partial charge in [0.15, 0.2) is 0 Å². The normalized spacial score (nSPS) is 11.8. The highest BCUT2D eigenvalue weighted by molar-refractivity contribution is 7.92. The van der Waals surface area contributed by atoms with Crippen molar-refractivity contribution in [2.45, 2.75) is 6.92 Å². The fourth-order valence-electron chi connectivity index (χ4n) is 1.23. The zero-order valence-electron chi connectivity index (χ0n) is 10.8. The lowest BCUT2D eigenvalue weighted by Crippen LogP contribution is -2.18. The minimum atomic E-state index is -3.29. The second kappa shape index (κ2) is 6.19. The molecule has 1 aromatic rings. The molecule has 0 bridgehead atoms. The van der Waals surface area contributed by atoms with E-state index >= 15 is 0 Å². The fraction of sp³-hybridized carbons (Fsp3) is 0.273. The second-order valence-electron chi connectivity index (χ2n) is 3.75. The molecule has 0 saturated carbocycles. The fourth-order valence-corrected chi connectivity index (χ4v) is 1.80. The Balaban J connectivity index is 2.78. The van der Waals surface area contributed by atoms with Crippen molar-refractivity contribution in [2.24, 2.45) is 5.10 Å². The topological polar surface area (TPSA) is 96.9 Å². The Kier molecular flexibility index (Phi) is 4.87. The van der Waals surface area contributed by atoms with Crippen molar-refractivity contribution in [3.05, 3.63) is 29.8 Å². The Bertz CT molecular complexity index is 578. The van der Waals surface area contributed by atoms with Gasteiger partial charge >= 0.3 is 6.09 Å². The lowest BCUT2D eigenvalue weighted by Gasteiger charge is -2.05. The Hall–Kier alpha value is -2.09. The van der Waals surface area contributed by atoms with Gasteiger partial charge in [0.25, 0.3) is 0 Å². The number of rotatable bonds is 4. The van der Waals surface area contributed by atoms with E-state index < -0.39 is 16.1 Å². The lowest BCUT2D eigenvalue weighted by molar-refractivity contribution is 0.171. The van der Waals surface area contributed by atoms with E-state index in [0.29, 0.717) is 11.4 Å². The number of sulfonamides is 1. The van der Waals surface area contributed by atoms with Crippen LogP contribution in [0.5, 0.6) is 0 Å². The predicted octanol–water partition coefficient (Wildman–Crippen LogP) is 1.14. The minimum absolute atomic E-state index is 0.458. The summed E-state index contributed by atoms with van der Waals surface area (Å²) in [5, 5.41) is 3.82. The summed E-state index contributed by atoms with van der Waals surface area (Å²) in [6.07, 6.45) is 0.420. The summed E-state index contributed by atoms with van der Waals surface area (Å²) < 4.78 is 28.8. The number of anilines is 1. The summed E-state index contributed by atoms with van der Waals surface area (Å²) in [7, 11) is -2.05. The van der Waals surface area contributed by atoms with Crippen LogP contribution in [-0.2, 0) is 14.8 Å². The molecule has 0 aliphatic carbocycles. The first-order valence-corrected chi connectivity index (χ1v) is 7.17. The smallest absolute Gasteiger partial charge is 0.427 e. The Morgan fingerprint density at radius 1 is 1.26 bits per heavy atom. The Morgan fingerprint density at radius 2 is 1.84 bits per heavy atom. The molecule has 2 N–H and O–H groups in total. The van der Waals surface area contributed by atoms with Gasteiger partial charge in [-0.2, -0.15) is 5.10 Å². The standard InChI is InChI=1S/C11H15N3O4S/c1-8(12-13-11(15)18-2)9-4-6-10(7-5-9)14-19(3,16)17/h4-7,14H,1-3H3,(H,13,15)/b12-8+. The molecular formula is C11H15N3O4S. The van der Waals surface area contributed by atoms with Crippen LogP contribution in [0.1, 0.15) is 12.5 Å². The summed E-state index contributed by atoms with van der Waals surface area (Å²) in [5.41, 5.74) is 3.97. The molecule has 0 atom stereocenters. The Morgan fingerprint density at radius 3 is 2.32 bits per heavy atom. The van der Waals surface area contributed by atoms with Gasteiger partial charge in [0, 0.05) is 5.69 Å². The monoisotopic (exact) mass is 285 g/mol. The molecule has 7 nitrogen and oxygen atoms in total. The maximum atomic E-state index is 11.0. The van der Waals surface area contributed by atoms with Crippen LogP contribution in [0, 0.1) is 0 Å². The van der Waals surface area contributed by atoms with Crippen LogP contribution in [0.2, 0.25) is 0 Å². The van der Waals surface area contributed by atoms with E-state index in [4.69, 9.17) is 0 Å². The maximum Gasteiger partial charge on any atom is 0.427 e. The molecule has 0 aromatic heterocycles. The average molecular weight is 285 g/mol. The third-order valence-electron chi connectivity index (χ3n) is 2.11. The van der Waals surface area contributed by atoms with Crippen LogP contribution >= 0.6 is 0 Å². The zero-order valence-corrected chi connectivity index (χ0v) is 11.6. The van der Waals surface area contributed by atoms with Crippen molar-refractivity contribution in [2.75, 3.05) is 18.1 Å². The van der Waals surface area contributed by atoms with Gasteiger partial charge < -0.3 is 4.74 Å². The third-order valence-corrected chi connectivity index (χ3v) is 2.71. The number of amides is 1. The molecular weight excluding hydrogens is 270 g/mol.